The van der Waals surface area contributed by atoms with Crippen molar-refractivity contribution in [3.63, 3.8) is 0 Å². The summed E-state index contributed by atoms with van der Waals surface area (Å²) in [6.45, 7) is 5.33. The van der Waals surface area contributed by atoms with Crippen molar-refractivity contribution < 1.29 is 22.7 Å². The van der Waals surface area contributed by atoms with E-state index < -0.39 is 10.0 Å². The Kier molecular flexibility index (Phi) is 8.49. The van der Waals surface area contributed by atoms with Crippen molar-refractivity contribution in [2.45, 2.75) is 31.8 Å². The minimum Gasteiger partial charge on any atom is -0.493 e. The van der Waals surface area contributed by atoms with Crippen molar-refractivity contribution >= 4 is 27.3 Å². The first-order valence-corrected chi connectivity index (χ1v) is 12.9. The monoisotopic (exact) mass is 488 g/mol. The van der Waals surface area contributed by atoms with Gasteiger partial charge in [-0.25, -0.2) is 13.1 Å². The molecule has 1 heterocycles. The molecule has 176 valence electrons. The second kappa shape index (κ2) is 11.3. The summed E-state index contributed by atoms with van der Waals surface area (Å²) in [6, 6.07) is 15.4. The first kappa shape index (κ1) is 24.8. The second-order valence-corrected chi connectivity index (χ2v) is 9.97. The lowest BCUT2D eigenvalue weighted by Crippen LogP contribution is -2.30. The fraction of sp³-hybridized carbons (Fsp3) is 0.292. The smallest absolute Gasteiger partial charge is 0.254 e. The molecular weight excluding hydrogens is 460 g/mol. The molecule has 0 radical (unpaired) electrons. The molecule has 0 spiro atoms. The number of nitrogens with one attached hydrogen (secondary N) is 1. The Labute approximate surface area is 199 Å². The molecule has 3 rings (SSSR count). The zero-order valence-electron chi connectivity index (χ0n) is 18.9. The van der Waals surface area contributed by atoms with E-state index in [9.17, 15) is 13.2 Å². The highest BCUT2D eigenvalue weighted by molar-refractivity contribution is 7.89. The lowest BCUT2D eigenvalue weighted by Gasteiger charge is -2.22. The van der Waals surface area contributed by atoms with E-state index in [0.29, 0.717) is 36.8 Å². The number of carbonyl (C=O) groups excluding carboxylic acids is 1. The number of thiophene rings is 1. The van der Waals surface area contributed by atoms with Crippen LogP contribution >= 0.6 is 11.3 Å². The first-order chi connectivity index (χ1) is 15.9. The van der Waals surface area contributed by atoms with Crippen molar-refractivity contribution in [1.82, 2.24) is 9.62 Å². The van der Waals surface area contributed by atoms with Crippen LogP contribution < -0.4 is 14.2 Å². The number of hydrogen-bond donors (Lipinski definition) is 1. The molecule has 0 saturated carbocycles. The SMILES string of the molecule is CCOc1ccc(CN(CC)C(=O)c2cccc(S(=O)(=O)NCc3cccs3)c2)cc1OC. The Balaban J connectivity index is 1.76. The summed E-state index contributed by atoms with van der Waals surface area (Å²) in [5.41, 5.74) is 1.20. The highest BCUT2D eigenvalue weighted by Crippen LogP contribution is 2.28. The number of nitrogens with zero attached hydrogens (tertiary/aromatic N) is 1. The lowest BCUT2D eigenvalue weighted by atomic mass is 10.1. The van der Waals surface area contributed by atoms with Crippen LogP contribution in [0.1, 0.15) is 34.6 Å². The molecule has 0 atom stereocenters. The average molecular weight is 489 g/mol. The van der Waals surface area contributed by atoms with Gasteiger partial charge in [-0.3, -0.25) is 4.79 Å². The number of carbonyl (C=O) groups is 1. The van der Waals surface area contributed by atoms with Crippen molar-refractivity contribution in [1.29, 1.82) is 0 Å². The minimum absolute atomic E-state index is 0.0590. The number of benzene rings is 2. The summed E-state index contributed by atoms with van der Waals surface area (Å²) in [5.74, 6) is 0.995. The largest absolute Gasteiger partial charge is 0.493 e. The fourth-order valence-corrected chi connectivity index (χ4v) is 5.06. The third-order valence-corrected chi connectivity index (χ3v) is 7.25. The maximum atomic E-state index is 13.2. The molecule has 7 nitrogen and oxygen atoms in total. The first-order valence-electron chi connectivity index (χ1n) is 10.6. The molecule has 0 aliphatic heterocycles. The van der Waals surface area contributed by atoms with Crippen LogP contribution in [0.25, 0.3) is 0 Å². The quantitative estimate of drug-likeness (QED) is 0.435. The van der Waals surface area contributed by atoms with Gasteiger partial charge in [0.1, 0.15) is 0 Å². The van der Waals surface area contributed by atoms with Crippen LogP contribution in [0.5, 0.6) is 11.5 Å². The molecule has 0 aliphatic carbocycles. The summed E-state index contributed by atoms with van der Waals surface area (Å²) >= 11 is 1.48. The molecule has 1 amide bonds. The Morgan fingerprint density at radius 3 is 2.55 bits per heavy atom. The molecule has 0 fully saturated rings. The van der Waals surface area contributed by atoms with E-state index >= 15 is 0 Å². The fourth-order valence-electron chi connectivity index (χ4n) is 3.27. The molecule has 33 heavy (non-hydrogen) atoms. The lowest BCUT2D eigenvalue weighted by molar-refractivity contribution is 0.0752. The predicted octanol–water partition coefficient (Wildman–Crippen LogP) is 4.30. The molecule has 1 N–H and O–H groups in total. The normalized spacial score (nSPS) is 11.2. The molecule has 0 unspecified atom stereocenters. The Morgan fingerprint density at radius 1 is 1.06 bits per heavy atom. The predicted molar refractivity (Wildman–Crippen MR) is 129 cm³/mol. The summed E-state index contributed by atoms with van der Waals surface area (Å²) in [6.07, 6.45) is 0. The van der Waals surface area contributed by atoms with Gasteiger partial charge >= 0.3 is 0 Å². The molecule has 9 heteroatoms. The maximum absolute atomic E-state index is 13.2. The molecule has 2 aromatic carbocycles. The Hall–Kier alpha value is -2.88. The van der Waals surface area contributed by atoms with E-state index in [2.05, 4.69) is 4.72 Å². The summed E-state index contributed by atoms with van der Waals surface area (Å²) in [5, 5.41) is 1.89. The van der Waals surface area contributed by atoms with Crippen LogP contribution in [0, 0.1) is 0 Å². The van der Waals surface area contributed by atoms with Crippen molar-refractivity contribution in [2.24, 2.45) is 0 Å². The second-order valence-electron chi connectivity index (χ2n) is 7.17. The van der Waals surface area contributed by atoms with Gasteiger partial charge < -0.3 is 14.4 Å². The van der Waals surface area contributed by atoms with Crippen LogP contribution in [0.2, 0.25) is 0 Å². The topological polar surface area (TPSA) is 84.9 Å². The van der Waals surface area contributed by atoms with Crippen molar-refractivity contribution in [2.75, 3.05) is 20.3 Å². The van der Waals surface area contributed by atoms with Crippen LogP contribution in [0.4, 0.5) is 0 Å². The number of rotatable bonds is 11. The Bertz CT molecular complexity index is 1180. The van der Waals surface area contributed by atoms with Crippen LogP contribution in [-0.2, 0) is 23.1 Å². The van der Waals surface area contributed by atoms with Gasteiger partial charge in [0.05, 0.1) is 18.6 Å². The van der Waals surface area contributed by atoms with E-state index in [1.54, 1.807) is 24.1 Å². The maximum Gasteiger partial charge on any atom is 0.254 e. The zero-order valence-corrected chi connectivity index (χ0v) is 20.5. The van der Waals surface area contributed by atoms with Gasteiger partial charge in [0.2, 0.25) is 10.0 Å². The molecule has 3 aromatic rings. The zero-order chi connectivity index (χ0) is 23.8. The third kappa shape index (κ3) is 6.34. The van der Waals surface area contributed by atoms with E-state index in [0.717, 1.165) is 10.4 Å². The van der Waals surface area contributed by atoms with Crippen LogP contribution in [-0.4, -0.2) is 39.5 Å². The van der Waals surface area contributed by atoms with Crippen molar-refractivity contribution in [3.8, 4) is 11.5 Å². The number of methoxy groups -OCH3 is 1. The number of hydrogen-bond acceptors (Lipinski definition) is 6. The molecule has 0 aliphatic rings. The van der Waals surface area contributed by atoms with E-state index in [1.807, 2.05) is 49.6 Å². The molecule has 0 saturated heterocycles. The van der Waals surface area contributed by atoms with Crippen LogP contribution in [0.15, 0.2) is 64.9 Å². The molecular formula is C24H28N2O5S2. The molecule has 1 aromatic heterocycles. The van der Waals surface area contributed by atoms with Crippen molar-refractivity contribution in [3.05, 3.63) is 76.0 Å². The number of ether oxygens (including phenoxy) is 2. The molecule has 0 bridgehead atoms. The van der Waals surface area contributed by atoms with Gasteiger partial charge in [0.25, 0.3) is 5.91 Å². The number of amides is 1. The minimum atomic E-state index is -3.75. The van der Waals surface area contributed by atoms with Gasteiger partial charge in [0, 0.05) is 30.1 Å². The van der Waals surface area contributed by atoms with Gasteiger partial charge in [-0.15, -0.1) is 11.3 Å². The third-order valence-electron chi connectivity index (χ3n) is 4.98. The van der Waals surface area contributed by atoms with Gasteiger partial charge in [-0.05, 0) is 61.2 Å². The summed E-state index contributed by atoms with van der Waals surface area (Å²) < 4.78 is 39.0. The highest BCUT2D eigenvalue weighted by Gasteiger charge is 2.20. The summed E-state index contributed by atoms with van der Waals surface area (Å²) in [7, 11) is -2.18. The van der Waals surface area contributed by atoms with Gasteiger partial charge in [0.15, 0.2) is 11.5 Å². The standard InChI is InChI=1S/C24H28N2O5S2/c1-4-26(17-18-11-12-22(31-5-2)23(14-18)30-3)24(27)19-8-6-10-21(15-19)33(28,29)25-16-20-9-7-13-32-20/h6-15,25H,4-5,16-17H2,1-3H3. The van der Waals surface area contributed by atoms with Gasteiger partial charge in [-0.1, -0.05) is 18.2 Å². The highest BCUT2D eigenvalue weighted by atomic mass is 32.2. The Morgan fingerprint density at radius 2 is 1.88 bits per heavy atom. The van der Waals surface area contributed by atoms with E-state index in [1.165, 1.54) is 23.5 Å². The van der Waals surface area contributed by atoms with Crippen LogP contribution in [0.3, 0.4) is 0 Å². The van der Waals surface area contributed by atoms with Gasteiger partial charge in [-0.2, -0.15) is 0 Å². The summed E-state index contributed by atoms with van der Waals surface area (Å²) in [4.78, 5) is 15.8. The number of sulfonamides is 1. The van der Waals surface area contributed by atoms with E-state index in [-0.39, 0.29) is 17.3 Å². The van der Waals surface area contributed by atoms with E-state index in [4.69, 9.17) is 9.47 Å². The average Bonchev–Trinajstić information content (AvgIpc) is 3.36.